The minimum atomic E-state index is -2.64. The van der Waals surface area contributed by atoms with Crippen molar-refractivity contribution in [2.75, 3.05) is 31.7 Å². The number of carbonyl (C=O) groups excluding carboxylic acids is 1. The highest BCUT2D eigenvalue weighted by Crippen LogP contribution is 2.17. The number of hydrogen-bond donors (Lipinski definition) is 2. The Balaban J connectivity index is 2.36. The molecular weight excluding hydrogens is 316 g/mol. The second-order valence-electron chi connectivity index (χ2n) is 4.54. The van der Waals surface area contributed by atoms with Crippen molar-refractivity contribution < 1.29 is 18.1 Å². The zero-order valence-electron chi connectivity index (χ0n) is 14.0. The van der Waals surface area contributed by atoms with E-state index in [9.17, 15) is 4.79 Å². The van der Waals surface area contributed by atoms with E-state index in [0.29, 0.717) is 38.8 Å². The van der Waals surface area contributed by atoms with Crippen molar-refractivity contribution in [1.29, 1.82) is 0 Å². The number of rotatable bonds is 11. The minimum Gasteiger partial charge on any atom is -0.374 e. The number of urea groups is 1. The lowest BCUT2D eigenvalue weighted by Gasteiger charge is -2.28. The largest absolute Gasteiger partial charge is 0.500 e. The highest BCUT2D eigenvalue weighted by molar-refractivity contribution is 6.60. The Morgan fingerprint density at radius 3 is 2.17 bits per heavy atom. The molecule has 2 amide bonds. The summed E-state index contributed by atoms with van der Waals surface area (Å²) in [5.41, 5.74) is 0. The van der Waals surface area contributed by atoms with Crippen LogP contribution >= 0.6 is 0 Å². The first-order chi connectivity index (χ1) is 11.2. The second-order valence-corrected chi connectivity index (χ2v) is 7.27. The maximum absolute atomic E-state index is 11.7. The van der Waals surface area contributed by atoms with E-state index in [0.717, 1.165) is 0 Å². The van der Waals surface area contributed by atoms with E-state index in [1.54, 1.807) is 18.5 Å². The molecule has 130 valence electrons. The SMILES string of the molecule is CCO[Si](CCCNC(=O)Nc1ncccn1)(OCC)OCC. The molecule has 0 atom stereocenters. The Kier molecular flexibility index (Phi) is 9.37. The van der Waals surface area contributed by atoms with E-state index in [4.69, 9.17) is 13.3 Å². The lowest BCUT2D eigenvalue weighted by molar-refractivity contribution is 0.0708. The van der Waals surface area contributed by atoms with Gasteiger partial charge in [-0.1, -0.05) is 0 Å². The molecule has 0 saturated heterocycles. The number of anilines is 1. The molecule has 0 aromatic carbocycles. The van der Waals surface area contributed by atoms with Crippen LogP contribution in [-0.4, -0.2) is 51.2 Å². The van der Waals surface area contributed by atoms with E-state index >= 15 is 0 Å². The number of nitrogens with zero attached hydrogens (tertiary/aromatic N) is 2. The zero-order valence-corrected chi connectivity index (χ0v) is 15.0. The quantitative estimate of drug-likeness (QED) is 0.472. The van der Waals surface area contributed by atoms with E-state index in [1.165, 1.54) is 0 Å². The van der Waals surface area contributed by atoms with Gasteiger partial charge in [0.2, 0.25) is 5.95 Å². The molecule has 9 heteroatoms. The number of carbonyl (C=O) groups is 1. The monoisotopic (exact) mass is 342 g/mol. The van der Waals surface area contributed by atoms with Crippen LogP contribution in [0.4, 0.5) is 10.7 Å². The highest BCUT2D eigenvalue weighted by atomic mass is 28.4. The summed E-state index contributed by atoms with van der Waals surface area (Å²) in [6, 6.07) is 2.00. The molecule has 0 fully saturated rings. The molecular formula is C14H26N4O4Si. The molecule has 1 aromatic heterocycles. The lowest BCUT2D eigenvalue weighted by atomic mass is 10.5. The summed E-state index contributed by atoms with van der Waals surface area (Å²) in [4.78, 5) is 19.6. The number of amides is 2. The van der Waals surface area contributed by atoms with Crippen molar-refractivity contribution in [1.82, 2.24) is 15.3 Å². The van der Waals surface area contributed by atoms with Gasteiger partial charge in [0.15, 0.2) is 0 Å². The van der Waals surface area contributed by atoms with Crippen LogP contribution in [0.15, 0.2) is 18.5 Å². The van der Waals surface area contributed by atoms with Gasteiger partial charge in [-0.25, -0.2) is 14.8 Å². The van der Waals surface area contributed by atoms with E-state index in [2.05, 4.69) is 20.6 Å². The smallest absolute Gasteiger partial charge is 0.374 e. The van der Waals surface area contributed by atoms with Crippen molar-refractivity contribution in [3.05, 3.63) is 18.5 Å². The summed E-state index contributed by atoms with van der Waals surface area (Å²) >= 11 is 0. The first-order valence-electron chi connectivity index (χ1n) is 7.89. The summed E-state index contributed by atoms with van der Waals surface area (Å²) < 4.78 is 17.3. The van der Waals surface area contributed by atoms with Crippen LogP contribution in [0.3, 0.4) is 0 Å². The van der Waals surface area contributed by atoms with Gasteiger partial charge >= 0.3 is 14.8 Å². The Bertz CT molecular complexity index is 433. The normalized spacial score (nSPS) is 11.3. The molecule has 0 radical (unpaired) electrons. The Morgan fingerprint density at radius 2 is 1.65 bits per heavy atom. The number of aromatic nitrogens is 2. The fraction of sp³-hybridized carbons (Fsp3) is 0.643. The van der Waals surface area contributed by atoms with Crippen molar-refractivity contribution >= 4 is 20.8 Å². The van der Waals surface area contributed by atoms with Crippen LogP contribution in [0, 0.1) is 0 Å². The zero-order chi connectivity index (χ0) is 17.0. The summed E-state index contributed by atoms with van der Waals surface area (Å²) in [6.07, 6.45) is 3.83. The molecule has 0 aliphatic rings. The Hall–Kier alpha value is -1.55. The molecule has 1 rings (SSSR count). The molecule has 0 aliphatic carbocycles. The summed E-state index contributed by atoms with van der Waals surface area (Å²) in [5, 5.41) is 5.32. The lowest BCUT2D eigenvalue weighted by Crippen LogP contribution is -2.46. The predicted molar refractivity (Wildman–Crippen MR) is 89.1 cm³/mol. The van der Waals surface area contributed by atoms with Crippen LogP contribution in [0.1, 0.15) is 27.2 Å². The molecule has 0 spiro atoms. The Morgan fingerprint density at radius 1 is 1.09 bits per heavy atom. The maximum Gasteiger partial charge on any atom is 0.500 e. The van der Waals surface area contributed by atoms with Gasteiger partial charge in [-0.3, -0.25) is 5.32 Å². The average Bonchev–Trinajstić information content (AvgIpc) is 2.53. The first kappa shape index (κ1) is 19.5. The van der Waals surface area contributed by atoms with E-state index < -0.39 is 8.80 Å². The molecule has 0 saturated carbocycles. The second kappa shape index (κ2) is 11.1. The predicted octanol–water partition coefficient (Wildman–Crippen LogP) is 2.04. The van der Waals surface area contributed by atoms with Crippen molar-refractivity contribution in [2.45, 2.75) is 33.2 Å². The van der Waals surface area contributed by atoms with Gasteiger partial charge in [0, 0.05) is 44.8 Å². The van der Waals surface area contributed by atoms with Gasteiger partial charge in [0.1, 0.15) is 0 Å². The van der Waals surface area contributed by atoms with Crippen LogP contribution in [0.25, 0.3) is 0 Å². The van der Waals surface area contributed by atoms with Crippen molar-refractivity contribution in [3.63, 3.8) is 0 Å². The standard InChI is InChI=1S/C14H26N4O4Si/c1-4-20-23(21-5-2,22-6-3)12-8-11-17-14(19)18-13-15-9-7-10-16-13/h7,9-10H,4-6,8,11-12H2,1-3H3,(H2,15,16,17,18,19). The third-order valence-corrected chi connectivity index (χ3v) is 5.98. The van der Waals surface area contributed by atoms with Crippen molar-refractivity contribution in [3.8, 4) is 0 Å². The summed E-state index contributed by atoms with van der Waals surface area (Å²) in [6.45, 7) is 7.89. The van der Waals surface area contributed by atoms with Crippen LogP contribution in [0.5, 0.6) is 0 Å². The van der Waals surface area contributed by atoms with Gasteiger partial charge < -0.3 is 18.6 Å². The van der Waals surface area contributed by atoms with E-state index in [-0.39, 0.29) is 12.0 Å². The summed E-state index contributed by atoms with van der Waals surface area (Å²) in [5.74, 6) is 0.270. The molecule has 0 bridgehead atoms. The highest BCUT2D eigenvalue weighted by Gasteiger charge is 2.39. The fourth-order valence-corrected chi connectivity index (χ4v) is 4.63. The van der Waals surface area contributed by atoms with Crippen LogP contribution in [-0.2, 0) is 13.3 Å². The van der Waals surface area contributed by atoms with Gasteiger partial charge in [0.25, 0.3) is 0 Å². The minimum absolute atomic E-state index is 0.270. The van der Waals surface area contributed by atoms with Crippen LogP contribution in [0.2, 0.25) is 6.04 Å². The third kappa shape index (κ3) is 7.51. The third-order valence-electron chi connectivity index (χ3n) is 2.83. The molecule has 23 heavy (non-hydrogen) atoms. The number of hydrogen-bond acceptors (Lipinski definition) is 6. The van der Waals surface area contributed by atoms with Gasteiger partial charge in [-0.05, 0) is 33.3 Å². The van der Waals surface area contributed by atoms with Crippen LogP contribution < -0.4 is 10.6 Å². The van der Waals surface area contributed by atoms with Gasteiger partial charge in [-0.15, -0.1) is 0 Å². The number of nitrogens with one attached hydrogen (secondary N) is 2. The first-order valence-corrected chi connectivity index (χ1v) is 9.82. The fourth-order valence-electron chi connectivity index (χ4n) is 2.02. The van der Waals surface area contributed by atoms with Gasteiger partial charge in [0.05, 0.1) is 0 Å². The molecule has 1 heterocycles. The molecule has 8 nitrogen and oxygen atoms in total. The van der Waals surface area contributed by atoms with Gasteiger partial charge in [-0.2, -0.15) is 0 Å². The molecule has 1 aromatic rings. The summed E-state index contributed by atoms with van der Waals surface area (Å²) in [7, 11) is -2.64. The Labute approximate surface area is 138 Å². The topological polar surface area (TPSA) is 94.6 Å². The average molecular weight is 342 g/mol. The molecule has 0 unspecified atom stereocenters. The van der Waals surface area contributed by atoms with E-state index in [1.807, 2.05) is 20.8 Å². The van der Waals surface area contributed by atoms with Crippen molar-refractivity contribution in [2.24, 2.45) is 0 Å². The molecule has 2 N–H and O–H groups in total. The molecule has 0 aliphatic heterocycles. The maximum atomic E-state index is 11.7.